The van der Waals surface area contributed by atoms with Crippen molar-refractivity contribution in [3.8, 4) is 0 Å². The minimum absolute atomic E-state index is 0.0232. The summed E-state index contributed by atoms with van der Waals surface area (Å²) in [5, 5.41) is 12.5. The fourth-order valence-electron chi connectivity index (χ4n) is 1.31. The zero-order valence-electron chi connectivity index (χ0n) is 9.23. The first-order valence-corrected chi connectivity index (χ1v) is 4.91. The predicted molar refractivity (Wildman–Crippen MR) is 54.5 cm³/mol. The molecular formula is C10H16N2O3. The van der Waals surface area contributed by atoms with Crippen LogP contribution < -0.4 is 0 Å². The van der Waals surface area contributed by atoms with E-state index >= 15 is 0 Å². The average molecular weight is 212 g/mol. The van der Waals surface area contributed by atoms with Crippen LogP contribution in [0.15, 0.2) is 10.6 Å². The van der Waals surface area contributed by atoms with Crippen molar-refractivity contribution in [2.75, 3.05) is 13.2 Å². The normalized spacial score (nSPS) is 10.7. The molecule has 15 heavy (non-hydrogen) atoms. The van der Waals surface area contributed by atoms with Crippen molar-refractivity contribution in [2.24, 2.45) is 0 Å². The van der Waals surface area contributed by atoms with E-state index in [9.17, 15) is 4.79 Å². The Balaban J connectivity index is 2.80. The molecule has 1 aromatic heterocycles. The van der Waals surface area contributed by atoms with Crippen LogP contribution in [0.25, 0.3) is 0 Å². The van der Waals surface area contributed by atoms with Gasteiger partial charge in [0.15, 0.2) is 0 Å². The van der Waals surface area contributed by atoms with Crippen molar-refractivity contribution in [3.63, 3.8) is 0 Å². The summed E-state index contributed by atoms with van der Waals surface area (Å²) in [6, 6.07) is 1.62. The van der Waals surface area contributed by atoms with Gasteiger partial charge in [-0.15, -0.1) is 0 Å². The lowest BCUT2D eigenvalue weighted by molar-refractivity contribution is 0.0623. The largest absolute Gasteiger partial charge is 0.395 e. The van der Waals surface area contributed by atoms with Crippen LogP contribution in [0.4, 0.5) is 0 Å². The highest BCUT2D eigenvalue weighted by molar-refractivity contribution is 5.91. The lowest BCUT2D eigenvalue weighted by atomic mass is 10.2. The number of aliphatic hydroxyl groups excluding tert-OH is 1. The maximum absolute atomic E-state index is 11.9. The van der Waals surface area contributed by atoms with Gasteiger partial charge in [0.2, 0.25) is 5.76 Å². The average Bonchev–Trinajstić information content (AvgIpc) is 2.59. The van der Waals surface area contributed by atoms with Crippen molar-refractivity contribution < 1.29 is 14.4 Å². The fraction of sp³-hybridized carbons (Fsp3) is 0.600. The molecule has 5 heteroatoms. The lowest BCUT2D eigenvalue weighted by Crippen LogP contribution is -2.38. The third kappa shape index (κ3) is 2.79. The van der Waals surface area contributed by atoms with Crippen molar-refractivity contribution in [3.05, 3.63) is 17.5 Å². The van der Waals surface area contributed by atoms with Gasteiger partial charge in [-0.2, -0.15) is 0 Å². The molecular weight excluding hydrogens is 196 g/mol. The molecule has 0 aliphatic heterocycles. The van der Waals surface area contributed by atoms with Gasteiger partial charge in [-0.1, -0.05) is 5.16 Å². The van der Waals surface area contributed by atoms with Crippen LogP contribution in [0.1, 0.15) is 30.1 Å². The van der Waals surface area contributed by atoms with Gasteiger partial charge in [0, 0.05) is 18.7 Å². The highest BCUT2D eigenvalue weighted by Gasteiger charge is 2.21. The van der Waals surface area contributed by atoms with Gasteiger partial charge in [0.1, 0.15) is 0 Å². The number of carbonyl (C=O) groups excluding carboxylic acids is 1. The molecule has 1 N–H and O–H groups in total. The van der Waals surface area contributed by atoms with E-state index in [0.29, 0.717) is 12.2 Å². The Morgan fingerprint density at radius 3 is 2.73 bits per heavy atom. The van der Waals surface area contributed by atoms with E-state index in [0.717, 1.165) is 0 Å². The molecule has 0 radical (unpaired) electrons. The Morgan fingerprint density at radius 2 is 2.33 bits per heavy atom. The summed E-state index contributed by atoms with van der Waals surface area (Å²) in [7, 11) is 0. The van der Waals surface area contributed by atoms with Gasteiger partial charge in [-0.3, -0.25) is 4.79 Å². The first kappa shape index (κ1) is 11.7. The van der Waals surface area contributed by atoms with E-state index in [4.69, 9.17) is 9.63 Å². The number of carbonyl (C=O) groups is 1. The summed E-state index contributed by atoms with van der Waals surface area (Å²) in [5.74, 6) is -0.0192. The number of rotatable bonds is 4. The second kappa shape index (κ2) is 4.93. The van der Waals surface area contributed by atoms with Crippen LogP contribution in [-0.2, 0) is 0 Å². The molecule has 84 valence electrons. The summed E-state index contributed by atoms with van der Waals surface area (Å²) in [6.07, 6.45) is 0. The number of aliphatic hydroxyl groups is 1. The summed E-state index contributed by atoms with van der Waals surface area (Å²) in [5.41, 5.74) is 0.672. The molecule has 1 aromatic rings. The Bertz CT molecular complexity index is 333. The number of amides is 1. The van der Waals surface area contributed by atoms with E-state index in [-0.39, 0.29) is 24.3 Å². The summed E-state index contributed by atoms with van der Waals surface area (Å²) in [6.45, 7) is 5.77. The second-order valence-corrected chi connectivity index (χ2v) is 3.65. The molecule has 1 heterocycles. The Labute approximate surface area is 88.7 Å². The van der Waals surface area contributed by atoms with Crippen LogP contribution in [0, 0.1) is 6.92 Å². The first-order valence-electron chi connectivity index (χ1n) is 4.91. The summed E-state index contributed by atoms with van der Waals surface area (Å²) < 4.78 is 4.88. The monoisotopic (exact) mass is 212 g/mol. The molecule has 5 nitrogen and oxygen atoms in total. The van der Waals surface area contributed by atoms with Gasteiger partial charge < -0.3 is 14.5 Å². The topological polar surface area (TPSA) is 66.6 Å². The number of nitrogens with zero attached hydrogens (tertiary/aromatic N) is 2. The molecule has 0 aliphatic carbocycles. The summed E-state index contributed by atoms with van der Waals surface area (Å²) >= 11 is 0. The number of aromatic nitrogens is 1. The Kier molecular flexibility index (Phi) is 3.85. The molecule has 0 unspecified atom stereocenters. The second-order valence-electron chi connectivity index (χ2n) is 3.65. The van der Waals surface area contributed by atoms with Crippen molar-refractivity contribution in [1.29, 1.82) is 0 Å². The van der Waals surface area contributed by atoms with Crippen LogP contribution in [-0.4, -0.2) is 40.3 Å². The lowest BCUT2D eigenvalue weighted by Gasteiger charge is -2.24. The molecule has 0 aromatic carbocycles. The number of hydrogen-bond acceptors (Lipinski definition) is 4. The van der Waals surface area contributed by atoms with Crippen molar-refractivity contribution >= 4 is 5.91 Å². The third-order valence-corrected chi connectivity index (χ3v) is 2.06. The molecule has 0 spiro atoms. The molecule has 0 saturated heterocycles. The minimum atomic E-state index is -0.236. The smallest absolute Gasteiger partial charge is 0.292 e. The highest BCUT2D eigenvalue weighted by Crippen LogP contribution is 2.09. The predicted octanol–water partition coefficient (Wildman–Crippen LogP) is 0.826. The van der Waals surface area contributed by atoms with Gasteiger partial charge in [0.05, 0.1) is 12.3 Å². The standard InChI is InChI=1S/C10H16N2O3/c1-7(2)12(4-5-13)10(14)9-6-8(3)11-15-9/h6-7,13H,4-5H2,1-3H3. The van der Waals surface area contributed by atoms with E-state index in [2.05, 4.69) is 5.16 Å². The van der Waals surface area contributed by atoms with Crippen LogP contribution >= 0.6 is 0 Å². The molecule has 0 bridgehead atoms. The molecule has 0 saturated carbocycles. The Morgan fingerprint density at radius 1 is 1.67 bits per heavy atom. The van der Waals surface area contributed by atoms with Crippen molar-refractivity contribution in [2.45, 2.75) is 26.8 Å². The number of hydrogen-bond donors (Lipinski definition) is 1. The van der Waals surface area contributed by atoms with Crippen LogP contribution in [0.3, 0.4) is 0 Å². The molecule has 0 aliphatic rings. The third-order valence-electron chi connectivity index (χ3n) is 2.06. The van der Waals surface area contributed by atoms with E-state index in [1.807, 2.05) is 13.8 Å². The zero-order chi connectivity index (χ0) is 11.4. The van der Waals surface area contributed by atoms with Gasteiger partial charge >= 0.3 is 0 Å². The molecule has 1 rings (SSSR count). The van der Waals surface area contributed by atoms with Crippen LogP contribution in [0.2, 0.25) is 0 Å². The van der Waals surface area contributed by atoms with E-state index in [1.54, 1.807) is 17.9 Å². The van der Waals surface area contributed by atoms with Crippen LogP contribution in [0.5, 0.6) is 0 Å². The fourth-order valence-corrected chi connectivity index (χ4v) is 1.31. The van der Waals surface area contributed by atoms with Gasteiger partial charge in [-0.25, -0.2) is 0 Å². The SMILES string of the molecule is Cc1cc(C(=O)N(CCO)C(C)C)on1. The zero-order valence-corrected chi connectivity index (χ0v) is 9.23. The Hall–Kier alpha value is -1.36. The van der Waals surface area contributed by atoms with Gasteiger partial charge in [-0.05, 0) is 20.8 Å². The molecule has 0 atom stereocenters. The van der Waals surface area contributed by atoms with E-state index < -0.39 is 0 Å². The molecule has 0 fully saturated rings. The van der Waals surface area contributed by atoms with Crippen molar-refractivity contribution in [1.82, 2.24) is 10.1 Å². The maximum Gasteiger partial charge on any atom is 0.292 e. The number of aryl methyl sites for hydroxylation is 1. The van der Waals surface area contributed by atoms with E-state index in [1.165, 1.54) is 0 Å². The highest BCUT2D eigenvalue weighted by atomic mass is 16.5. The quantitative estimate of drug-likeness (QED) is 0.802. The maximum atomic E-state index is 11.9. The molecule has 1 amide bonds. The first-order chi connectivity index (χ1) is 7.06. The minimum Gasteiger partial charge on any atom is -0.395 e. The van der Waals surface area contributed by atoms with Gasteiger partial charge in [0.25, 0.3) is 5.91 Å². The summed E-state index contributed by atoms with van der Waals surface area (Å²) in [4.78, 5) is 13.4.